The molecule has 0 saturated heterocycles. The highest BCUT2D eigenvalue weighted by Crippen LogP contribution is 2.36. The first kappa shape index (κ1) is 15.2. The average Bonchev–Trinajstić information content (AvgIpc) is 2.37. The number of rotatable bonds is 3. The first-order valence-electron chi connectivity index (χ1n) is 5.82. The van der Waals surface area contributed by atoms with E-state index in [-0.39, 0.29) is 5.56 Å². The van der Waals surface area contributed by atoms with Crippen LogP contribution in [0.2, 0.25) is 0 Å². The van der Waals surface area contributed by atoms with E-state index in [4.69, 9.17) is 0 Å². The van der Waals surface area contributed by atoms with Crippen molar-refractivity contribution >= 4 is 5.69 Å². The van der Waals surface area contributed by atoms with Crippen LogP contribution >= 0.6 is 0 Å². The Morgan fingerprint density at radius 3 is 1.86 bits per heavy atom. The summed E-state index contributed by atoms with van der Waals surface area (Å²) in [5.74, 6) is -4.07. The molecule has 0 saturated carbocycles. The minimum atomic E-state index is -4.78. The molecule has 0 heterocycles. The SMILES string of the molecule is Fc1cc(F)c(NC(c2ccccc2)C(F)(F)F)c(F)c1. The zero-order valence-corrected chi connectivity index (χ0v) is 10.4. The Morgan fingerprint density at radius 1 is 0.857 bits per heavy atom. The van der Waals surface area contributed by atoms with Crippen LogP contribution in [0.3, 0.4) is 0 Å². The fraction of sp³-hybridized carbons (Fsp3) is 0.143. The van der Waals surface area contributed by atoms with Crippen LogP contribution in [0.15, 0.2) is 42.5 Å². The van der Waals surface area contributed by atoms with E-state index in [0.29, 0.717) is 12.1 Å². The van der Waals surface area contributed by atoms with E-state index in [2.05, 4.69) is 0 Å². The van der Waals surface area contributed by atoms with E-state index < -0.39 is 35.4 Å². The lowest BCUT2D eigenvalue weighted by molar-refractivity contribution is -0.144. The number of halogens is 6. The maximum absolute atomic E-state index is 13.5. The summed E-state index contributed by atoms with van der Waals surface area (Å²) in [5.41, 5.74) is -1.24. The van der Waals surface area contributed by atoms with Crippen molar-refractivity contribution in [1.29, 1.82) is 0 Å². The van der Waals surface area contributed by atoms with Crippen molar-refractivity contribution in [3.05, 3.63) is 65.5 Å². The highest BCUT2D eigenvalue weighted by atomic mass is 19.4. The molecular formula is C14H9F6N. The lowest BCUT2D eigenvalue weighted by Gasteiger charge is -2.23. The predicted octanol–water partition coefficient (Wildman–Crippen LogP) is 4.82. The van der Waals surface area contributed by atoms with Crippen molar-refractivity contribution in [3.8, 4) is 0 Å². The zero-order chi connectivity index (χ0) is 15.6. The maximum Gasteiger partial charge on any atom is 0.412 e. The molecule has 1 N–H and O–H groups in total. The number of hydrogen-bond acceptors (Lipinski definition) is 1. The smallest absolute Gasteiger partial charge is 0.366 e. The summed E-state index contributed by atoms with van der Waals surface area (Å²) in [6.07, 6.45) is -4.78. The number of nitrogens with one attached hydrogen (secondary N) is 1. The van der Waals surface area contributed by atoms with Crippen LogP contribution in [-0.4, -0.2) is 6.18 Å². The quantitative estimate of drug-likeness (QED) is 0.802. The van der Waals surface area contributed by atoms with E-state index in [0.717, 1.165) is 0 Å². The summed E-state index contributed by atoms with van der Waals surface area (Å²) in [6, 6.07) is 4.90. The third-order valence-corrected chi connectivity index (χ3v) is 2.76. The summed E-state index contributed by atoms with van der Waals surface area (Å²) in [5, 5.41) is 1.76. The Morgan fingerprint density at radius 2 is 1.38 bits per heavy atom. The Hall–Kier alpha value is -2.18. The van der Waals surface area contributed by atoms with Crippen molar-refractivity contribution < 1.29 is 26.3 Å². The van der Waals surface area contributed by atoms with Crippen LogP contribution in [-0.2, 0) is 0 Å². The van der Waals surface area contributed by atoms with Gasteiger partial charge in [0.2, 0.25) is 0 Å². The van der Waals surface area contributed by atoms with Gasteiger partial charge in [-0.15, -0.1) is 0 Å². The second-order valence-electron chi connectivity index (χ2n) is 4.27. The van der Waals surface area contributed by atoms with Crippen LogP contribution in [0.25, 0.3) is 0 Å². The lowest BCUT2D eigenvalue weighted by Crippen LogP contribution is -2.28. The van der Waals surface area contributed by atoms with E-state index in [1.54, 1.807) is 5.32 Å². The van der Waals surface area contributed by atoms with Gasteiger partial charge in [0.05, 0.1) is 0 Å². The van der Waals surface area contributed by atoms with Crippen LogP contribution in [0.5, 0.6) is 0 Å². The van der Waals surface area contributed by atoms with Crippen LogP contribution in [0.4, 0.5) is 32.0 Å². The standard InChI is InChI=1S/C14H9F6N/c15-9-6-10(16)12(11(17)7-9)21-13(14(18,19)20)8-4-2-1-3-5-8/h1-7,13,21H. The Kier molecular flexibility index (Phi) is 4.11. The number of alkyl halides is 3. The Balaban J connectivity index is 2.42. The summed E-state index contributed by atoms with van der Waals surface area (Å²) >= 11 is 0. The summed E-state index contributed by atoms with van der Waals surface area (Å²) in [7, 11) is 0. The number of hydrogen-bond donors (Lipinski definition) is 1. The van der Waals surface area contributed by atoms with Gasteiger partial charge in [0.15, 0.2) is 11.6 Å². The highest BCUT2D eigenvalue weighted by Gasteiger charge is 2.41. The van der Waals surface area contributed by atoms with Crippen molar-refractivity contribution in [2.75, 3.05) is 5.32 Å². The van der Waals surface area contributed by atoms with Crippen molar-refractivity contribution in [1.82, 2.24) is 0 Å². The zero-order valence-electron chi connectivity index (χ0n) is 10.4. The number of anilines is 1. The second kappa shape index (κ2) is 5.67. The topological polar surface area (TPSA) is 12.0 Å². The van der Waals surface area contributed by atoms with Gasteiger partial charge < -0.3 is 5.32 Å². The summed E-state index contributed by atoms with van der Waals surface area (Å²) in [4.78, 5) is 0. The monoisotopic (exact) mass is 305 g/mol. The Labute approximate surface area is 116 Å². The second-order valence-corrected chi connectivity index (χ2v) is 4.27. The fourth-order valence-corrected chi connectivity index (χ4v) is 1.82. The molecule has 0 radical (unpaired) electrons. The Bertz CT molecular complexity index is 600. The van der Waals surface area contributed by atoms with Gasteiger partial charge in [0.1, 0.15) is 17.5 Å². The molecule has 21 heavy (non-hydrogen) atoms. The first-order valence-corrected chi connectivity index (χ1v) is 5.82. The molecule has 2 aromatic carbocycles. The molecule has 0 spiro atoms. The average molecular weight is 305 g/mol. The van der Waals surface area contributed by atoms with Gasteiger partial charge in [-0.1, -0.05) is 30.3 Å². The van der Waals surface area contributed by atoms with Crippen LogP contribution in [0, 0.1) is 17.5 Å². The molecule has 2 aromatic rings. The molecule has 2 rings (SSSR count). The van der Waals surface area contributed by atoms with Gasteiger partial charge in [0, 0.05) is 12.1 Å². The lowest BCUT2D eigenvalue weighted by atomic mass is 10.1. The summed E-state index contributed by atoms with van der Waals surface area (Å²) in [6.45, 7) is 0. The van der Waals surface area contributed by atoms with Gasteiger partial charge in [-0.2, -0.15) is 13.2 Å². The third kappa shape index (κ3) is 3.48. The van der Waals surface area contributed by atoms with Gasteiger partial charge >= 0.3 is 6.18 Å². The van der Waals surface area contributed by atoms with Gasteiger partial charge in [0.25, 0.3) is 0 Å². The largest absolute Gasteiger partial charge is 0.412 e. The van der Waals surface area contributed by atoms with E-state index in [9.17, 15) is 26.3 Å². The molecule has 0 aliphatic heterocycles. The van der Waals surface area contributed by atoms with Gasteiger partial charge in [-0.25, -0.2) is 13.2 Å². The van der Waals surface area contributed by atoms with E-state index in [1.807, 2.05) is 0 Å². The number of benzene rings is 2. The first-order chi connectivity index (χ1) is 9.79. The van der Waals surface area contributed by atoms with E-state index in [1.165, 1.54) is 30.3 Å². The molecule has 112 valence electrons. The minimum absolute atomic E-state index is 0.215. The molecule has 1 atom stereocenters. The van der Waals surface area contributed by atoms with Crippen molar-refractivity contribution in [2.24, 2.45) is 0 Å². The normalized spacial score (nSPS) is 13.0. The molecule has 7 heteroatoms. The molecule has 1 unspecified atom stereocenters. The maximum atomic E-state index is 13.5. The third-order valence-electron chi connectivity index (χ3n) is 2.76. The molecule has 0 bridgehead atoms. The van der Waals surface area contributed by atoms with Crippen LogP contribution < -0.4 is 5.32 Å². The van der Waals surface area contributed by atoms with Gasteiger partial charge in [-0.05, 0) is 5.56 Å². The summed E-state index contributed by atoms with van der Waals surface area (Å²) < 4.78 is 78.9. The highest BCUT2D eigenvalue weighted by molar-refractivity contribution is 5.49. The van der Waals surface area contributed by atoms with Crippen molar-refractivity contribution in [3.63, 3.8) is 0 Å². The molecule has 0 amide bonds. The molecular weight excluding hydrogens is 296 g/mol. The predicted molar refractivity (Wildman–Crippen MR) is 65.2 cm³/mol. The molecule has 1 nitrogen and oxygen atoms in total. The van der Waals surface area contributed by atoms with Crippen LogP contribution in [0.1, 0.15) is 11.6 Å². The fourth-order valence-electron chi connectivity index (χ4n) is 1.82. The van der Waals surface area contributed by atoms with Crippen molar-refractivity contribution in [2.45, 2.75) is 12.2 Å². The van der Waals surface area contributed by atoms with Gasteiger partial charge in [-0.3, -0.25) is 0 Å². The molecule has 0 aliphatic rings. The molecule has 0 aliphatic carbocycles. The molecule has 0 aromatic heterocycles. The minimum Gasteiger partial charge on any atom is -0.366 e. The molecule has 0 fully saturated rings. The van der Waals surface area contributed by atoms with E-state index >= 15 is 0 Å².